The van der Waals surface area contributed by atoms with Crippen LogP contribution in [0, 0.1) is 0 Å². The molecule has 0 aliphatic rings. The molecule has 3 aromatic carbocycles. The number of rotatable bonds is 4. The number of anilines is 1. The lowest BCUT2D eigenvalue weighted by Crippen LogP contribution is -2.09. The molecule has 0 aromatic heterocycles. The zero-order valence-electron chi connectivity index (χ0n) is 13.4. The number of hydrogen-bond donors (Lipinski definition) is 0. The minimum Gasteiger partial charge on any atom is -0.378 e. The van der Waals surface area contributed by atoms with Crippen LogP contribution < -0.4 is 4.90 Å². The van der Waals surface area contributed by atoms with E-state index >= 15 is 0 Å². The van der Waals surface area contributed by atoms with Crippen LogP contribution in [0.25, 0.3) is 11.1 Å². The van der Waals surface area contributed by atoms with Gasteiger partial charge in [-0.05, 0) is 35.4 Å². The van der Waals surface area contributed by atoms with Gasteiger partial charge in [-0.25, -0.2) is 0 Å². The van der Waals surface area contributed by atoms with Crippen molar-refractivity contribution in [2.75, 3.05) is 19.0 Å². The van der Waals surface area contributed by atoms with Crippen LogP contribution in [0.15, 0.2) is 78.9 Å². The Kier molecular flexibility index (Phi) is 4.24. The Labute approximate surface area is 137 Å². The van der Waals surface area contributed by atoms with Crippen LogP contribution in [0.1, 0.15) is 15.9 Å². The summed E-state index contributed by atoms with van der Waals surface area (Å²) in [6.45, 7) is 0. The Morgan fingerprint density at radius 2 is 1.13 bits per heavy atom. The monoisotopic (exact) mass is 301 g/mol. The molecule has 0 heterocycles. The van der Waals surface area contributed by atoms with Crippen molar-refractivity contribution in [3.8, 4) is 11.1 Å². The highest BCUT2D eigenvalue weighted by Gasteiger charge is 2.09. The Balaban J connectivity index is 1.83. The van der Waals surface area contributed by atoms with E-state index in [1.54, 1.807) is 0 Å². The number of ketones is 1. The van der Waals surface area contributed by atoms with Crippen LogP contribution in [0.5, 0.6) is 0 Å². The van der Waals surface area contributed by atoms with Crippen molar-refractivity contribution in [1.29, 1.82) is 0 Å². The largest absolute Gasteiger partial charge is 0.378 e. The molecular weight excluding hydrogens is 282 g/mol. The Morgan fingerprint density at radius 3 is 1.65 bits per heavy atom. The SMILES string of the molecule is CN(C)c1ccc(C(=O)c2ccc(-c3ccccc3)cc2)cc1. The topological polar surface area (TPSA) is 20.3 Å². The summed E-state index contributed by atoms with van der Waals surface area (Å²) in [5.74, 6) is 0.0508. The maximum Gasteiger partial charge on any atom is 0.193 e. The van der Waals surface area contributed by atoms with Crippen LogP contribution in [0.4, 0.5) is 5.69 Å². The fraction of sp³-hybridized carbons (Fsp3) is 0.0952. The van der Waals surface area contributed by atoms with Crippen molar-refractivity contribution in [3.63, 3.8) is 0 Å². The third kappa shape index (κ3) is 3.32. The molecule has 2 nitrogen and oxygen atoms in total. The number of nitrogens with zero attached hydrogens (tertiary/aromatic N) is 1. The van der Waals surface area contributed by atoms with E-state index in [-0.39, 0.29) is 5.78 Å². The van der Waals surface area contributed by atoms with Gasteiger partial charge in [0.05, 0.1) is 0 Å². The summed E-state index contributed by atoms with van der Waals surface area (Å²) in [6.07, 6.45) is 0. The predicted octanol–water partition coefficient (Wildman–Crippen LogP) is 4.65. The zero-order valence-corrected chi connectivity index (χ0v) is 13.4. The number of carbonyl (C=O) groups excluding carboxylic acids is 1. The van der Waals surface area contributed by atoms with E-state index in [1.165, 1.54) is 0 Å². The Hall–Kier alpha value is -2.87. The normalized spacial score (nSPS) is 10.3. The molecule has 0 bridgehead atoms. The van der Waals surface area contributed by atoms with E-state index in [9.17, 15) is 4.79 Å². The van der Waals surface area contributed by atoms with Gasteiger partial charge in [-0.2, -0.15) is 0 Å². The third-order valence-electron chi connectivity index (χ3n) is 3.90. The van der Waals surface area contributed by atoms with Gasteiger partial charge in [-0.3, -0.25) is 4.79 Å². The van der Waals surface area contributed by atoms with Crippen LogP contribution in [-0.2, 0) is 0 Å². The average Bonchev–Trinajstić information content (AvgIpc) is 2.62. The molecule has 3 aromatic rings. The summed E-state index contributed by atoms with van der Waals surface area (Å²) in [6, 6.07) is 25.6. The molecule has 0 amide bonds. The Morgan fingerprint density at radius 1 is 0.652 bits per heavy atom. The van der Waals surface area contributed by atoms with Gasteiger partial charge in [0.2, 0.25) is 0 Å². The minimum absolute atomic E-state index is 0.0508. The van der Waals surface area contributed by atoms with Gasteiger partial charge in [-0.1, -0.05) is 54.6 Å². The summed E-state index contributed by atoms with van der Waals surface area (Å²) in [4.78, 5) is 14.6. The first-order chi connectivity index (χ1) is 11.1. The summed E-state index contributed by atoms with van der Waals surface area (Å²) in [7, 11) is 3.97. The highest BCUT2D eigenvalue weighted by Crippen LogP contribution is 2.21. The molecule has 0 spiro atoms. The standard InChI is InChI=1S/C21H19NO/c1-22(2)20-14-12-19(13-15-20)21(23)18-10-8-17(9-11-18)16-6-4-3-5-7-16/h3-15H,1-2H3. The second-order valence-corrected chi connectivity index (χ2v) is 5.71. The predicted molar refractivity (Wildman–Crippen MR) is 96.1 cm³/mol. The van der Waals surface area contributed by atoms with Crippen molar-refractivity contribution in [2.24, 2.45) is 0 Å². The molecule has 0 unspecified atom stereocenters. The van der Waals surface area contributed by atoms with Gasteiger partial charge in [0.1, 0.15) is 0 Å². The zero-order chi connectivity index (χ0) is 16.2. The lowest BCUT2D eigenvalue weighted by atomic mass is 9.99. The number of carbonyl (C=O) groups is 1. The molecular formula is C21H19NO. The molecule has 0 fully saturated rings. The van der Waals surface area contributed by atoms with Gasteiger partial charge >= 0.3 is 0 Å². The average molecular weight is 301 g/mol. The second kappa shape index (κ2) is 6.49. The van der Waals surface area contributed by atoms with Crippen molar-refractivity contribution in [2.45, 2.75) is 0 Å². The molecule has 114 valence electrons. The molecule has 0 aliphatic heterocycles. The molecule has 2 heteroatoms. The molecule has 0 saturated heterocycles. The van der Waals surface area contributed by atoms with E-state index in [0.717, 1.165) is 16.8 Å². The highest BCUT2D eigenvalue weighted by atomic mass is 16.1. The van der Waals surface area contributed by atoms with Gasteiger partial charge in [-0.15, -0.1) is 0 Å². The van der Waals surface area contributed by atoms with E-state index in [1.807, 2.05) is 85.7 Å². The first-order valence-corrected chi connectivity index (χ1v) is 7.63. The smallest absolute Gasteiger partial charge is 0.193 e. The lowest BCUT2D eigenvalue weighted by Gasteiger charge is -2.12. The van der Waals surface area contributed by atoms with E-state index in [2.05, 4.69) is 12.1 Å². The first kappa shape index (κ1) is 15.0. The van der Waals surface area contributed by atoms with Gasteiger partial charge in [0, 0.05) is 30.9 Å². The molecule has 0 radical (unpaired) electrons. The van der Waals surface area contributed by atoms with E-state index in [0.29, 0.717) is 11.1 Å². The van der Waals surface area contributed by atoms with E-state index < -0.39 is 0 Å². The molecule has 0 N–H and O–H groups in total. The number of hydrogen-bond acceptors (Lipinski definition) is 2. The van der Waals surface area contributed by atoms with Gasteiger partial charge in [0.15, 0.2) is 5.78 Å². The Bertz CT molecular complexity index is 788. The van der Waals surface area contributed by atoms with Crippen molar-refractivity contribution >= 4 is 11.5 Å². The first-order valence-electron chi connectivity index (χ1n) is 7.63. The van der Waals surface area contributed by atoms with Gasteiger partial charge in [0.25, 0.3) is 0 Å². The van der Waals surface area contributed by atoms with Crippen LogP contribution in [0.2, 0.25) is 0 Å². The molecule has 3 rings (SSSR count). The fourth-order valence-electron chi connectivity index (χ4n) is 2.52. The third-order valence-corrected chi connectivity index (χ3v) is 3.90. The molecule has 0 saturated carbocycles. The van der Waals surface area contributed by atoms with Crippen molar-refractivity contribution in [1.82, 2.24) is 0 Å². The lowest BCUT2D eigenvalue weighted by molar-refractivity contribution is 0.103. The van der Waals surface area contributed by atoms with Crippen LogP contribution >= 0.6 is 0 Å². The minimum atomic E-state index is 0.0508. The van der Waals surface area contributed by atoms with E-state index in [4.69, 9.17) is 0 Å². The summed E-state index contributed by atoms with van der Waals surface area (Å²) in [5.41, 5.74) is 4.78. The quantitative estimate of drug-likeness (QED) is 0.654. The van der Waals surface area contributed by atoms with Gasteiger partial charge < -0.3 is 4.90 Å². The molecule has 0 atom stereocenters. The van der Waals surface area contributed by atoms with Crippen molar-refractivity contribution < 1.29 is 4.79 Å². The van der Waals surface area contributed by atoms with Crippen LogP contribution in [0.3, 0.4) is 0 Å². The van der Waals surface area contributed by atoms with Crippen molar-refractivity contribution in [3.05, 3.63) is 90.0 Å². The summed E-state index contributed by atoms with van der Waals surface area (Å²) >= 11 is 0. The maximum absolute atomic E-state index is 12.6. The molecule has 23 heavy (non-hydrogen) atoms. The second-order valence-electron chi connectivity index (χ2n) is 5.71. The number of benzene rings is 3. The summed E-state index contributed by atoms with van der Waals surface area (Å²) in [5, 5.41) is 0. The summed E-state index contributed by atoms with van der Waals surface area (Å²) < 4.78 is 0. The fourth-order valence-corrected chi connectivity index (χ4v) is 2.52. The maximum atomic E-state index is 12.6. The highest BCUT2D eigenvalue weighted by molar-refractivity contribution is 6.09. The molecule has 0 aliphatic carbocycles. The van der Waals surface area contributed by atoms with Crippen LogP contribution in [-0.4, -0.2) is 19.9 Å².